The number of hydrogen-bond acceptors (Lipinski definition) is 5. The van der Waals surface area contributed by atoms with Gasteiger partial charge in [0.15, 0.2) is 0 Å². The Morgan fingerprint density at radius 3 is 2.72 bits per heavy atom. The fourth-order valence-corrected chi connectivity index (χ4v) is 6.30. The van der Waals surface area contributed by atoms with Gasteiger partial charge in [-0.3, -0.25) is 0 Å². The molecule has 3 atom stereocenters. The molecule has 1 heterocycles. The van der Waals surface area contributed by atoms with Crippen molar-refractivity contribution >= 4 is 29.5 Å². The van der Waals surface area contributed by atoms with Gasteiger partial charge in [-0.15, -0.1) is 0 Å². The normalized spacial score (nSPS) is 27.2. The molecule has 2 aromatic rings. The first-order valence-corrected chi connectivity index (χ1v) is 13.4. The smallest absolute Gasteiger partial charge is 0.338 e. The maximum Gasteiger partial charge on any atom is 0.338 e. The maximum absolute atomic E-state index is 12.9. The topological polar surface area (TPSA) is 55.8 Å². The Kier molecular flexibility index (Phi) is 6.35. The third kappa shape index (κ3) is 4.63. The number of nitrogens with zero attached hydrogens (tertiary/aromatic N) is 1. The highest BCUT2D eigenvalue weighted by molar-refractivity contribution is 6.30. The zero-order chi connectivity index (χ0) is 25.7. The minimum atomic E-state index is -0.574. The Labute approximate surface area is 219 Å². The molecule has 1 saturated carbocycles. The third-order valence-electron chi connectivity index (χ3n) is 8.35. The van der Waals surface area contributed by atoms with E-state index in [0.29, 0.717) is 12.2 Å². The van der Waals surface area contributed by atoms with E-state index in [1.54, 1.807) is 6.07 Å². The lowest BCUT2D eigenvalue weighted by Crippen LogP contribution is -2.51. The van der Waals surface area contributed by atoms with Crippen LogP contribution in [0.4, 0.5) is 5.69 Å². The SMILES string of the molecule is CC(C)(C)OC(=O)c1ccc2c(c1)N(C[C@@H]1CC[C@]1(C)C=O)C[C@@]1(CCCc3cc(Cl)ccc31)CO2. The molecule has 2 aliphatic carbocycles. The lowest BCUT2D eigenvalue weighted by Gasteiger charge is -2.47. The number of halogens is 1. The molecular formula is C30H36ClNO4. The van der Waals surface area contributed by atoms with Gasteiger partial charge in [-0.25, -0.2) is 4.79 Å². The molecule has 1 aliphatic heterocycles. The average molecular weight is 510 g/mol. The van der Waals surface area contributed by atoms with Gasteiger partial charge in [-0.2, -0.15) is 0 Å². The second kappa shape index (κ2) is 9.09. The molecule has 1 fully saturated rings. The van der Waals surface area contributed by atoms with E-state index in [1.807, 2.05) is 39.0 Å². The first kappa shape index (κ1) is 25.1. The Morgan fingerprint density at radius 1 is 1.22 bits per heavy atom. The summed E-state index contributed by atoms with van der Waals surface area (Å²) in [4.78, 5) is 27.2. The predicted molar refractivity (Wildman–Crippen MR) is 142 cm³/mol. The van der Waals surface area contributed by atoms with Gasteiger partial charge in [0.05, 0.1) is 17.9 Å². The van der Waals surface area contributed by atoms with Gasteiger partial charge in [0.25, 0.3) is 0 Å². The molecule has 0 radical (unpaired) electrons. The summed E-state index contributed by atoms with van der Waals surface area (Å²) in [5, 5.41) is 0.763. The minimum absolute atomic E-state index is 0.190. The van der Waals surface area contributed by atoms with Crippen molar-refractivity contribution < 1.29 is 19.1 Å². The molecule has 0 aromatic heterocycles. The summed E-state index contributed by atoms with van der Waals surface area (Å²) in [6.07, 6.45) is 6.16. The fraction of sp³-hybridized carbons (Fsp3) is 0.533. The number of rotatable bonds is 4. The molecule has 0 saturated heterocycles. The van der Waals surface area contributed by atoms with Crippen molar-refractivity contribution in [2.45, 2.75) is 70.8 Å². The van der Waals surface area contributed by atoms with Crippen molar-refractivity contribution in [2.75, 3.05) is 24.6 Å². The number of carbonyl (C=O) groups is 2. The number of benzene rings is 2. The molecule has 5 rings (SSSR count). The van der Waals surface area contributed by atoms with Crippen LogP contribution in [-0.2, 0) is 21.4 Å². The van der Waals surface area contributed by atoms with Crippen LogP contribution in [0.1, 0.15) is 74.9 Å². The zero-order valence-corrected chi connectivity index (χ0v) is 22.5. The van der Waals surface area contributed by atoms with Crippen molar-refractivity contribution in [2.24, 2.45) is 11.3 Å². The fourth-order valence-electron chi connectivity index (χ4n) is 6.10. The molecule has 0 unspecified atom stereocenters. The highest BCUT2D eigenvalue weighted by Gasteiger charge is 2.46. The molecule has 36 heavy (non-hydrogen) atoms. The molecule has 2 aromatic carbocycles. The van der Waals surface area contributed by atoms with Crippen LogP contribution in [0.3, 0.4) is 0 Å². The summed E-state index contributed by atoms with van der Waals surface area (Å²) >= 11 is 6.35. The van der Waals surface area contributed by atoms with Gasteiger partial charge in [0.2, 0.25) is 0 Å². The van der Waals surface area contributed by atoms with Crippen molar-refractivity contribution in [3.8, 4) is 5.75 Å². The van der Waals surface area contributed by atoms with Gasteiger partial charge in [0.1, 0.15) is 17.6 Å². The first-order valence-electron chi connectivity index (χ1n) is 13.0. The highest BCUT2D eigenvalue weighted by Crippen LogP contribution is 2.49. The van der Waals surface area contributed by atoms with E-state index in [2.05, 4.69) is 24.0 Å². The number of aldehydes is 1. The van der Waals surface area contributed by atoms with Gasteiger partial charge in [-0.05, 0) is 100 Å². The summed E-state index contributed by atoms with van der Waals surface area (Å²) < 4.78 is 12.2. The number of aryl methyl sites for hydroxylation is 1. The number of ether oxygens (including phenoxy) is 2. The number of carbonyl (C=O) groups excluding carboxylic acids is 2. The average Bonchev–Trinajstić information content (AvgIpc) is 2.97. The molecule has 0 N–H and O–H groups in total. The van der Waals surface area contributed by atoms with Crippen LogP contribution in [0, 0.1) is 11.3 Å². The van der Waals surface area contributed by atoms with Crippen molar-refractivity contribution in [3.63, 3.8) is 0 Å². The van der Waals surface area contributed by atoms with Gasteiger partial charge in [-0.1, -0.05) is 24.6 Å². The molecular weight excluding hydrogens is 474 g/mol. The summed E-state index contributed by atoms with van der Waals surface area (Å²) in [5.41, 5.74) is 2.93. The highest BCUT2D eigenvalue weighted by atomic mass is 35.5. The van der Waals surface area contributed by atoms with Crippen LogP contribution >= 0.6 is 11.6 Å². The second-order valence-electron chi connectivity index (χ2n) is 12.1. The Balaban J connectivity index is 1.55. The van der Waals surface area contributed by atoms with Gasteiger partial charge >= 0.3 is 5.97 Å². The quantitative estimate of drug-likeness (QED) is 0.353. The number of anilines is 1. The van der Waals surface area contributed by atoms with Crippen molar-refractivity contribution in [1.29, 1.82) is 0 Å². The van der Waals surface area contributed by atoms with E-state index in [0.717, 1.165) is 67.9 Å². The maximum atomic E-state index is 12.9. The Morgan fingerprint density at radius 2 is 2.03 bits per heavy atom. The number of hydrogen-bond donors (Lipinski definition) is 0. The van der Waals surface area contributed by atoms with E-state index in [9.17, 15) is 9.59 Å². The number of fused-ring (bicyclic) bond motifs is 3. The number of esters is 1. The molecule has 3 aliphatic rings. The van der Waals surface area contributed by atoms with Crippen LogP contribution in [0.15, 0.2) is 36.4 Å². The summed E-state index contributed by atoms with van der Waals surface area (Å²) in [6, 6.07) is 11.8. The summed E-state index contributed by atoms with van der Waals surface area (Å²) in [7, 11) is 0. The van der Waals surface area contributed by atoms with Crippen LogP contribution < -0.4 is 9.64 Å². The van der Waals surface area contributed by atoms with Crippen molar-refractivity contribution in [3.05, 3.63) is 58.1 Å². The van der Waals surface area contributed by atoms with E-state index in [1.165, 1.54) is 11.1 Å². The molecule has 0 bridgehead atoms. The van der Waals surface area contributed by atoms with Gasteiger partial charge < -0.3 is 19.2 Å². The predicted octanol–water partition coefficient (Wildman–Crippen LogP) is 6.38. The molecule has 6 heteroatoms. The summed E-state index contributed by atoms with van der Waals surface area (Å²) in [6.45, 7) is 9.75. The minimum Gasteiger partial charge on any atom is -0.490 e. The second-order valence-corrected chi connectivity index (χ2v) is 12.6. The lowest BCUT2D eigenvalue weighted by atomic mass is 9.62. The Hall–Kier alpha value is -2.53. The molecule has 0 amide bonds. The van der Waals surface area contributed by atoms with Gasteiger partial charge in [0, 0.05) is 28.9 Å². The zero-order valence-electron chi connectivity index (χ0n) is 21.7. The molecule has 192 valence electrons. The van der Waals surface area contributed by atoms with E-state index in [4.69, 9.17) is 21.1 Å². The Bertz CT molecular complexity index is 1190. The third-order valence-corrected chi connectivity index (χ3v) is 8.58. The van der Waals surface area contributed by atoms with Crippen LogP contribution in [0.2, 0.25) is 5.02 Å². The largest absolute Gasteiger partial charge is 0.490 e. The van der Waals surface area contributed by atoms with E-state index >= 15 is 0 Å². The molecule has 1 spiro atoms. The first-order chi connectivity index (χ1) is 17.0. The van der Waals surface area contributed by atoms with Crippen molar-refractivity contribution in [1.82, 2.24) is 0 Å². The lowest BCUT2D eigenvalue weighted by molar-refractivity contribution is -0.123. The van der Waals surface area contributed by atoms with E-state index in [-0.39, 0.29) is 22.7 Å². The van der Waals surface area contributed by atoms with E-state index < -0.39 is 5.60 Å². The molecule has 5 nitrogen and oxygen atoms in total. The van der Waals surface area contributed by atoms with Crippen LogP contribution in [0.5, 0.6) is 5.75 Å². The standard InChI is InChI=1S/C30H36ClNO4/c1-28(2,3)36-27(34)21-7-10-26-25(15-21)32(16-22-11-13-29(22,4)18-33)17-30(19-35-26)12-5-6-20-14-23(31)8-9-24(20)30/h7-10,14-15,18,22H,5-6,11-13,16-17,19H2,1-4H3/t22-,29+,30-/m0/s1. The summed E-state index contributed by atoms with van der Waals surface area (Å²) in [5.74, 6) is 0.687. The van der Waals surface area contributed by atoms with Crippen LogP contribution in [-0.4, -0.2) is 37.6 Å². The monoisotopic (exact) mass is 509 g/mol. The van der Waals surface area contributed by atoms with Crippen LogP contribution in [0.25, 0.3) is 0 Å².